The number of carbonyl (C=O) groups is 1. The number of sulfonamides is 1. The van der Waals surface area contributed by atoms with Crippen molar-refractivity contribution < 1.29 is 31.8 Å². The number of methoxy groups -OCH3 is 3. The van der Waals surface area contributed by atoms with Crippen LogP contribution in [0, 0.1) is 12.7 Å². The average molecular weight is 503 g/mol. The van der Waals surface area contributed by atoms with Gasteiger partial charge in [-0.3, -0.25) is 9.10 Å². The van der Waals surface area contributed by atoms with Crippen molar-refractivity contribution in [1.29, 1.82) is 0 Å². The van der Waals surface area contributed by atoms with Gasteiger partial charge in [0.25, 0.3) is 10.0 Å². The Kier molecular flexibility index (Phi) is 8.18. The number of amides is 1. The first kappa shape index (κ1) is 25.8. The normalized spacial score (nSPS) is 11.0. The van der Waals surface area contributed by atoms with Crippen LogP contribution in [0.3, 0.4) is 0 Å². The molecular formula is C25H27FN2O6S. The molecule has 0 fully saturated rings. The summed E-state index contributed by atoms with van der Waals surface area (Å²) >= 11 is 0. The highest BCUT2D eigenvalue weighted by Crippen LogP contribution is 2.39. The van der Waals surface area contributed by atoms with E-state index in [4.69, 9.17) is 14.2 Å². The van der Waals surface area contributed by atoms with E-state index in [1.54, 1.807) is 24.3 Å². The molecular weight excluding hydrogens is 475 g/mol. The molecule has 0 aromatic heterocycles. The molecule has 10 heteroatoms. The largest absolute Gasteiger partial charge is 0.493 e. The van der Waals surface area contributed by atoms with E-state index in [-0.39, 0.29) is 17.1 Å². The Bertz CT molecular complexity index is 1300. The van der Waals surface area contributed by atoms with E-state index in [2.05, 4.69) is 5.32 Å². The third kappa shape index (κ3) is 5.65. The number of ether oxygens (including phenoxy) is 3. The van der Waals surface area contributed by atoms with Crippen LogP contribution in [0.4, 0.5) is 10.1 Å². The van der Waals surface area contributed by atoms with Gasteiger partial charge in [0, 0.05) is 12.1 Å². The van der Waals surface area contributed by atoms with Crippen molar-refractivity contribution in [2.24, 2.45) is 0 Å². The molecule has 3 aromatic carbocycles. The van der Waals surface area contributed by atoms with Crippen LogP contribution in [-0.4, -0.2) is 42.2 Å². The molecule has 3 aromatic rings. The van der Waals surface area contributed by atoms with Gasteiger partial charge in [0.15, 0.2) is 11.5 Å². The molecule has 0 aliphatic heterocycles. The van der Waals surface area contributed by atoms with Crippen molar-refractivity contribution in [3.8, 4) is 17.2 Å². The summed E-state index contributed by atoms with van der Waals surface area (Å²) in [5.41, 5.74) is 1.22. The number of nitrogens with one attached hydrogen (secondary N) is 1. The zero-order chi connectivity index (χ0) is 25.6. The molecule has 3 rings (SSSR count). The minimum absolute atomic E-state index is 0.0120. The molecule has 186 valence electrons. The number of benzene rings is 3. The number of halogens is 1. The first-order chi connectivity index (χ1) is 16.7. The number of nitrogens with zero attached hydrogens (tertiary/aromatic N) is 1. The first-order valence-corrected chi connectivity index (χ1v) is 12.1. The van der Waals surface area contributed by atoms with Gasteiger partial charge in [-0.05, 0) is 43.3 Å². The predicted octanol–water partition coefficient (Wildman–Crippen LogP) is 3.67. The van der Waals surface area contributed by atoms with Gasteiger partial charge in [0.2, 0.25) is 11.7 Å². The summed E-state index contributed by atoms with van der Waals surface area (Å²) in [4.78, 5) is 12.8. The molecule has 8 nitrogen and oxygen atoms in total. The average Bonchev–Trinajstić information content (AvgIpc) is 2.86. The fourth-order valence-electron chi connectivity index (χ4n) is 3.47. The van der Waals surface area contributed by atoms with Gasteiger partial charge >= 0.3 is 0 Å². The van der Waals surface area contributed by atoms with Gasteiger partial charge in [0.1, 0.15) is 12.4 Å². The maximum atomic E-state index is 14.6. The van der Waals surface area contributed by atoms with E-state index in [1.807, 2.05) is 6.92 Å². The van der Waals surface area contributed by atoms with E-state index in [1.165, 1.54) is 51.7 Å². The van der Waals surface area contributed by atoms with Gasteiger partial charge in [-0.1, -0.05) is 29.8 Å². The van der Waals surface area contributed by atoms with Crippen molar-refractivity contribution in [2.75, 3.05) is 32.2 Å². The van der Waals surface area contributed by atoms with E-state index in [0.717, 1.165) is 15.9 Å². The molecule has 0 spiro atoms. The van der Waals surface area contributed by atoms with Crippen LogP contribution in [0.2, 0.25) is 0 Å². The number of aryl methyl sites for hydroxylation is 1. The third-order valence-electron chi connectivity index (χ3n) is 5.28. The SMILES string of the molecule is COc1ccc(CNC(=O)CN(c2ccccc2F)S(=O)(=O)c2ccc(C)cc2)c(OC)c1OC. The van der Waals surface area contributed by atoms with Crippen LogP contribution < -0.4 is 23.8 Å². The highest BCUT2D eigenvalue weighted by molar-refractivity contribution is 7.92. The van der Waals surface area contributed by atoms with E-state index >= 15 is 0 Å². The van der Waals surface area contributed by atoms with Crippen LogP contribution in [0.1, 0.15) is 11.1 Å². The Morgan fingerprint density at radius 1 is 0.914 bits per heavy atom. The highest BCUT2D eigenvalue weighted by atomic mass is 32.2. The maximum Gasteiger partial charge on any atom is 0.264 e. The Morgan fingerprint density at radius 3 is 2.17 bits per heavy atom. The Balaban J connectivity index is 1.88. The van der Waals surface area contributed by atoms with Gasteiger partial charge in [-0.15, -0.1) is 0 Å². The maximum absolute atomic E-state index is 14.6. The van der Waals surface area contributed by atoms with E-state index in [9.17, 15) is 17.6 Å². The van der Waals surface area contributed by atoms with E-state index < -0.39 is 28.3 Å². The molecule has 0 aliphatic rings. The Hall–Kier alpha value is -3.79. The van der Waals surface area contributed by atoms with Crippen molar-refractivity contribution in [3.63, 3.8) is 0 Å². The summed E-state index contributed by atoms with van der Waals surface area (Å²) in [6.45, 7) is 1.20. The monoisotopic (exact) mass is 502 g/mol. The predicted molar refractivity (Wildman–Crippen MR) is 130 cm³/mol. The standard InChI is InChI=1S/C25H27FN2O6S/c1-17-9-12-19(13-10-17)35(30,31)28(21-8-6-5-7-20(21)26)16-23(29)27-15-18-11-14-22(32-2)25(34-4)24(18)33-3/h5-14H,15-16H2,1-4H3,(H,27,29). The van der Waals surface area contributed by atoms with Gasteiger partial charge in [-0.25, -0.2) is 12.8 Å². The lowest BCUT2D eigenvalue weighted by Crippen LogP contribution is -2.41. The molecule has 0 bridgehead atoms. The topological polar surface area (TPSA) is 94.2 Å². The molecule has 0 unspecified atom stereocenters. The summed E-state index contributed by atoms with van der Waals surface area (Å²) in [7, 11) is 0.176. The number of para-hydroxylation sites is 1. The minimum Gasteiger partial charge on any atom is -0.493 e. The van der Waals surface area contributed by atoms with Crippen molar-refractivity contribution >= 4 is 21.6 Å². The molecule has 0 atom stereocenters. The Labute approximate surface area is 204 Å². The van der Waals surface area contributed by atoms with Crippen LogP contribution in [0.25, 0.3) is 0 Å². The minimum atomic E-state index is -4.23. The lowest BCUT2D eigenvalue weighted by atomic mass is 10.1. The second-order valence-electron chi connectivity index (χ2n) is 7.55. The molecule has 0 heterocycles. The molecule has 0 saturated heterocycles. The first-order valence-electron chi connectivity index (χ1n) is 10.6. The van der Waals surface area contributed by atoms with Crippen LogP contribution in [0.15, 0.2) is 65.6 Å². The highest BCUT2D eigenvalue weighted by Gasteiger charge is 2.29. The summed E-state index contributed by atoms with van der Waals surface area (Å²) in [6.07, 6.45) is 0. The summed E-state index contributed by atoms with van der Waals surface area (Å²) < 4.78 is 58.2. The van der Waals surface area contributed by atoms with Gasteiger partial charge in [0.05, 0.1) is 31.9 Å². The quantitative estimate of drug-likeness (QED) is 0.455. The third-order valence-corrected chi connectivity index (χ3v) is 7.05. The number of carbonyl (C=O) groups excluding carboxylic acids is 1. The van der Waals surface area contributed by atoms with Crippen molar-refractivity contribution in [2.45, 2.75) is 18.4 Å². The number of anilines is 1. The zero-order valence-corrected chi connectivity index (χ0v) is 20.7. The fourth-order valence-corrected chi connectivity index (χ4v) is 4.90. The van der Waals surface area contributed by atoms with Crippen LogP contribution in [0.5, 0.6) is 17.2 Å². The fraction of sp³-hybridized carbons (Fsp3) is 0.240. The van der Waals surface area contributed by atoms with Crippen molar-refractivity contribution in [3.05, 3.63) is 77.6 Å². The molecule has 1 amide bonds. The Morgan fingerprint density at radius 2 is 1.57 bits per heavy atom. The second kappa shape index (κ2) is 11.1. The van der Waals surface area contributed by atoms with Crippen LogP contribution >= 0.6 is 0 Å². The van der Waals surface area contributed by atoms with Crippen molar-refractivity contribution in [1.82, 2.24) is 5.32 Å². The molecule has 0 radical (unpaired) electrons. The zero-order valence-electron chi connectivity index (χ0n) is 19.9. The molecule has 0 saturated carbocycles. The molecule has 35 heavy (non-hydrogen) atoms. The lowest BCUT2D eigenvalue weighted by molar-refractivity contribution is -0.119. The van der Waals surface area contributed by atoms with E-state index in [0.29, 0.717) is 22.8 Å². The number of hydrogen-bond donors (Lipinski definition) is 1. The van der Waals surface area contributed by atoms with Crippen LogP contribution in [-0.2, 0) is 21.4 Å². The second-order valence-corrected chi connectivity index (χ2v) is 9.41. The molecule has 1 N–H and O–H groups in total. The lowest BCUT2D eigenvalue weighted by Gasteiger charge is -2.24. The molecule has 0 aliphatic carbocycles. The van der Waals surface area contributed by atoms with Gasteiger partial charge < -0.3 is 19.5 Å². The van der Waals surface area contributed by atoms with Gasteiger partial charge in [-0.2, -0.15) is 0 Å². The number of rotatable bonds is 10. The number of hydrogen-bond acceptors (Lipinski definition) is 6. The summed E-state index contributed by atoms with van der Waals surface area (Å²) in [5, 5.41) is 2.67. The smallest absolute Gasteiger partial charge is 0.264 e. The summed E-state index contributed by atoms with van der Waals surface area (Å²) in [6, 6.07) is 14.9. The summed E-state index contributed by atoms with van der Waals surface area (Å²) in [5.74, 6) is -0.227.